The van der Waals surface area contributed by atoms with Crippen molar-refractivity contribution >= 4 is 0 Å². The van der Waals surface area contributed by atoms with E-state index in [1.54, 1.807) is 6.08 Å². The van der Waals surface area contributed by atoms with Crippen LogP contribution in [0.1, 0.15) is 18.1 Å². The van der Waals surface area contributed by atoms with Crippen LogP contribution in [0, 0.1) is 13.8 Å². The first kappa shape index (κ1) is 13.4. The largest absolute Gasteiger partial charge is 0.0991 e. The fraction of sp³-hybridized carbons (Fsp3) is 0.200. The van der Waals surface area contributed by atoms with Crippen molar-refractivity contribution in [2.75, 3.05) is 0 Å². The quantitative estimate of drug-likeness (QED) is 0.612. The van der Waals surface area contributed by atoms with Crippen LogP contribution in [-0.4, -0.2) is 0 Å². The molecule has 0 heterocycles. The van der Waals surface area contributed by atoms with Crippen molar-refractivity contribution in [2.45, 2.75) is 20.8 Å². The van der Waals surface area contributed by atoms with Gasteiger partial charge >= 0.3 is 0 Å². The van der Waals surface area contributed by atoms with Gasteiger partial charge in [-0.25, -0.2) is 0 Å². The predicted molar refractivity (Wildman–Crippen MR) is 70.1 cm³/mol. The number of aryl methyl sites for hydroxylation is 2. The average molecular weight is 200 g/mol. The minimum atomic E-state index is 1.06. The van der Waals surface area contributed by atoms with Crippen molar-refractivity contribution in [1.82, 2.24) is 0 Å². The van der Waals surface area contributed by atoms with Gasteiger partial charge in [0, 0.05) is 0 Å². The molecule has 0 saturated carbocycles. The van der Waals surface area contributed by atoms with Gasteiger partial charge in [0.25, 0.3) is 0 Å². The zero-order valence-electron chi connectivity index (χ0n) is 9.96. The highest BCUT2D eigenvalue weighted by molar-refractivity contribution is 5.19. The van der Waals surface area contributed by atoms with Crippen LogP contribution in [-0.2, 0) is 0 Å². The molecule has 0 radical (unpaired) electrons. The molecule has 0 unspecified atom stereocenters. The van der Waals surface area contributed by atoms with Crippen LogP contribution in [0.5, 0.6) is 0 Å². The highest BCUT2D eigenvalue weighted by Gasteiger charge is 1.79. The molecular formula is C15H20. The summed E-state index contributed by atoms with van der Waals surface area (Å²) in [5, 5.41) is 0. The van der Waals surface area contributed by atoms with E-state index in [-0.39, 0.29) is 0 Å². The average Bonchev–Trinajstić information content (AvgIpc) is 2.20. The van der Waals surface area contributed by atoms with Crippen molar-refractivity contribution in [2.24, 2.45) is 0 Å². The maximum atomic E-state index is 3.66. The molecule has 1 rings (SSSR count). The van der Waals surface area contributed by atoms with Gasteiger partial charge in [0.05, 0.1) is 0 Å². The van der Waals surface area contributed by atoms with E-state index in [1.165, 1.54) is 11.1 Å². The summed E-state index contributed by atoms with van der Waals surface area (Å²) < 4.78 is 0. The minimum absolute atomic E-state index is 1.06. The van der Waals surface area contributed by atoms with Crippen LogP contribution in [0.15, 0.2) is 61.2 Å². The van der Waals surface area contributed by atoms with Gasteiger partial charge in [-0.1, -0.05) is 72.4 Å². The molecule has 0 aliphatic rings. The Labute approximate surface area is 93.7 Å². The zero-order chi connectivity index (χ0) is 11.7. The molecule has 0 aliphatic carbocycles. The van der Waals surface area contributed by atoms with Crippen molar-refractivity contribution < 1.29 is 0 Å². The summed E-state index contributed by atoms with van der Waals surface area (Å²) in [4.78, 5) is 0. The Bertz CT molecular complexity index is 305. The monoisotopic (exact) mass is 200 g/mol. The summed E-state index contributed by atoms with van der Waals surface area (Å²) in [5.74, 6) is 0. The van der Waals surface area contributed by atoms with Crippen LogP contribution in [0.25, 0.3) is 0 Å². The molecule has 0 aliphatic heterocycles. The summed E-state index contributed by atoms with van der Waals surface area (Å²) in [5.41, 5.74) is 3.71. The number of hydrogen-bond donors (Lipinski definition) is 0. The van der Waals surface area contributed by atoms with E-state index in [0.29, 0.717) is 0 Å². The van der Waals surface area contributed by atoms with E-state index in [4.69, 9.17) is 0 Å². The summed E-state index contributed by atoms with van der Waals surface area (Å²) in [7, 11) is 0. The van der Waals surface area contributed by atoms with Gasteiger partial charge in [0.15, 0.2) is 0 Å². The standard InChI is InChI=1S/C8H10.C7H10/c1-7-3-5-8(2)6-4-7;1-4-5-6-7(2)3/h3-6H,1-2H3;4-6H,1-2H2,3H3/b;6-5-. The van der Waals surface area contributed by atoms with E-state index >= 15 is 0 Å². The molecule has 0 aromatic heterocycles. The third-order valence-electron chi connectivity index (χ3n) is 1.74. The van der Waals surface area contributed by atoms with E-state index in [9.17, 15) is 0 Å². The highest BCUT2D eigenvalue weighted by atomic mass is 13.9. The molecule has 0 heteroatoms. The summed E-state index contributed by atoms with van der Waals surface area (Å²) >= 11 is 0. The van der Waals surface area contributed by atoms with Gasteiger partial charge in [-0.15, -0.1) is 0 Å². The molecular weight excluding hydrogens is 180 g/mol. The molecule has 0 spiro atoms. The molecule has 80 valence electrons. The zero-order valence-corrected chi connectivity index (χ0v) is 9.96. The molecule has 0 bridgehead atoms. The van der Waals surface area contributed by atoms with Crippen LogP contribution >= 0.6 is 0 Å². The maximum absolute atomic E-state index is 3.66. The molecule has 15 heavy (non-hydrogen) atoms. The normalized spacial score (nSPS) is 9.27. The smallest absolute Gasteiger partial charge is 0.0398 e. The number of allylic oxidation sites excluding steroid dienone is 4. The molecule has 0 atom stereocenters. The van der Waals surface area contributed by atoms with Gasteiger partial charge in [-0.05, 0) is 20.8 Å². The molecule has 0 amide bonds. The number of hydrogen-bond acceptors (Lipinski definition) is 0. The van der Waals surface area contributed by atoms with E-state index in [2.05, 4.69) is 51.3 Å². The molecule has 0 saturated heterocycles. The van der Waals surface area contributed by atoms with Crippen molar-refractivity contribution in [3.63, 3.8) is 0 Å². The van der Waals surface area contributed by atoms with Crippen LogP contribution in [0.3, 0.4) is 0 Å². The lowest BCUT2D eigenvalue weighted by molar-refractivity contribution is 1.40. The van der Waals surface area contributed by atoms with Crippen LogP contribution < -0.4 is 0 Å². The highest BCUT2D eigenvalue weighted by Crippen LogP contribution is 1.99. The lowest BCUT2D eigenvalue weighted by Crippen LogP contribution is -1.70. The van der Waals surface area contributed by atoms with Gasteiger partial charge in [0.2, 0.25) is 0 Å². The van der Waals surface area contributed by atoms with Gasteiger partial charge in [-0.3, -0.25) is 0 Å². The van der Waals surface area contributed by atoms with Gasteiger partial charge in [0.1, 0.15) is 0 Å². The Morgan fingerprint density at radius 1 is 1.07 bits per heavy atom. The molecule has 0 nitrogen and oxygen atoms in total. The Kier molecular flexibility index (Phi) is 7.00. The number of rotatable bonds is 2. The summed E-state index contributed by atoms with van der Waals surface area (Å²) in [6.07, 6.45) is 5.50. The first-order valence-electron chi connectivity index (χ1n) is 5.04. The summed E-state index contributed by atoms with van der Waals surface area (Å²) in [6, 6.07) is 8.48. The van der Waals surface area contributed by atoms with E-state index < -0.39 is 0 Å². The van der Waals surface area contributed by atoms with Crippen LogP contribution in [0.4, 0.5) is 0 Å². The predicted octanol–water partition coefficient (Wildman–Crippen LogP) is 4.61. The second-order valence-corrected chi connectivity index (χ2v) is 3.60. The lowest BCUT2D eigenvalue weighted by Gasteiger charge is -1.90. The molecule has 0 N–H and O–H groups in total. The Hall–Kier alpha value is -1.56. The fourth-order valence-corrected chi connectivity index (χ4v) is 0.869. The SMILES string of the molecule is C=C/C=C\C(=C)C.Cc1ccc(C)cc1. The van der Waals surface area contributed by atoms with Crippen LogP contribution in [0.2, 0.25) is 0 Å². The molecule has 1 aromatic rings. The van der Waals surface area contributed by atoms with Crippen molar-refractivity contribution in [3.8, 4) is 0 Å². The Balaban J connectivity index is 0.000000265. The third-order valence-corrected chi connectivity index (χ3v) is 1.74. The first-order valence-corrected chi connectivity index (χ1v) is 5.04. The van der Waals surface area contributed by atoms with E-state index in [0.717, 1.165) is 5.57 Å². The Morgan fingerprint density at radius 2 is 1.47 bits per heavy atom. The summed E-state index contributed by atoms with van der Waals surface area (Å²) in [6.45, 7) is 13.3. The Morgan fingerprint density at radius 3 is 1.67 bits per heavy atom. The van der Waals surface area contributed by atoms with Gasteiger partial charge in [-0.2, -0.15) is 0 Å². The molecule has 1 aromatic carbocycles. The maximum Gasteiger partial charge on any atom is -0.0398 e. The minimum Gasteiger partial charge on any atom is -0.0991 e. The van der Waals surface area contributed by atoms with Crippen molar-refractivity contribution in [3.05, 3.63) is 72.4 Å². The van der Waals surface area contributed by atoms with E-state index in [1.807, 2.05) is 19.1 Å². The lowest BCUT2D eigenvalue weighted by atomic mass is 10.2. The second kappa shape index (κ2) is 7.81. The second-order valence-electron chi connectivity index (χ2n) is 3.60. The third kappa shape index (κ3) is 8.76. The van der Waals surface area contributed by atoms with Gasteiger partial charge < -0.3 is 0 Å². The number of benzene rings is 1. The molecule has 0 fully saturated rings. The first-order chi connectivity index (χ1) is 7.06. The topological polar surface area (TPSA) is 0 Å². The fourth-order valence-electron chi connectivity index (χ4n) is 0.869. The van der Waals surface area contributed by atoms with Crippen molar-refractivity contribution in [1.29, 1.82) is 0 Å².